The summed E-state index contributed by atoms with van der Waals surface area (Å²) in [4.78, 5) is 22.9. The number of amides is 1. The van der Waals surface area contributed by atoms with E-state index in [-0.39, 0.29) is 5.91 Å². The molecule has 4 rings (SSSR count). The summed E-state index contributed by atoms with van der Waals surface area (Å²) in [6.45, 7) is 3.95. The SMILES string of the molecule is Cc1cc(-c2cnc(C)nc2CN(C)C(=O)c2cc(C3CC3)on2)on1. The van der Waals surface area contributed by atoms with Gasteiger partial charge in [0, 0.05) is 31.3 Å². The molecule has 1 aliphatic rings. The lowest BCUT2D eigenvalue weighted by atomic mass is 10.1. The van der Waals surface area contributed by atoms with Gasteiger partial charge >= 0.3 is 0 Å². The highest BCUT2D eigenvalue weighted by Gasteiger charge is 2.29. The van der Waals surface area contributed by atoms with Crippen molar-refractivity contribution in [2.75, 3.05) is 7.05 Å². The van der Waals surface area contributed by atoms with Crippen LogP contribution in [0.4, 0.5) is 0 Å². The molecule has 1 fully saturated rings. The van der Waals surface area contributed by atoms with Crippen molar-refractivity contribution in [1.29, 1.82) is 0 Å². The maximum Gasteiger partial charge on any atom is 0.276 e. The first-order valence-electron chi connectivity index (χ1n) is 8.49. The average Bonchev–Trinajstić information content (AvgIpc) is 3.19. The minimum absolute atomic E-state index is 0.211. The van der Waals surface area contributed by atoms with Crippen molar-refractivity contribution in [3.63, 3.8) is 0 Å². The topological polar surface area (TPSA) is 98.2 Å². The third kappa shape index (κ3) is 3.22. The molecule has 26 heavy (non-hydrogen) atoms. The Kier molecular flexibility index (Phi) is 4.02. The summed E-state index contributed by atoms with van der Waals surface area (Å²) in [5.41, 5.74) is 2.49. The van der Waals surface area contributed by atoms with Crippen LogP contribution in [0.3, 0.4) is 0 Å². The lowest BCUT2D eigenvalue weighted by Crippen LogP contribution is -2.27. The van der Waals surface area contributed by atoms with Gasteiger partial charge in [0.15, 0.2) is 11.5 Å². The van der Waals surface area contributed by atoms with E-state index in [1.54, 1.807) is 31.1 Å². The summed E-state index contributed by atoms with van der Waals surface area (Å²) < 4.78 is 10.6. The number of carbonyl (C=O) groups is 1. The molecular weight excluding hydrogens is 334 g/mol. The van der Waals surface area contributed by atoms with Crippen molar-refractivity contribution >= 4 is 5.91 Å². The van der Waals surface area contributed by atoms with Crippen LogP contribution in [0.2, 0.25) is 0 Å². The van der Waals surface area contributed by atoms with E-state index in [9.17, 15) is 4.79 Å². The van der Waals surface area contributed by atoms with Crippen molar-refractivity contribution in [2.24, 2.45) is 0 Å². The molecule has 1 saturated carbocycles. The number of aromatic nitrogens is 4. The highest BCUT2D eigenvalue weighted by Crippen LogP contribution is 2.40. The Morgan fingerprint density at radius 2 is 2.04 bits per heavy atom. The van der Waals surface area contributed by atoms with Crippen LogP contribution in [0.5, 0.6) is 0 Å². The third-order valence-electron chi connectivity index (χ3n) is 4.34. The van der Waals surface area contributed by atoms with Gasteiger partial charge in [-0.05, 0) is 26.7 Å². The summed E-state index contributed by atoms with van der Waals surface area (Å²) >= 11 is 0. The van der Waals surface area contributed by atoms with E-state index in [0.29, 0.717) is 35.4 Å². The quantitative estimate of drug-likeness (QED) is 0.695. The molecule has 3 aromatic heterocycles. The molecule has 1 amide bonds. The molecule has 8 nitrogen and oxygen atoms in total. The Balaban J connectivity index is 1.57. The first-order valence-corrected chi connectivity index (χ1v) is 8.49. The standard InChI is InChI=1S/C18H19N5O3/c1-10-6-17(26-21-10)13-8-19-11(2)20-15(13)9-23(3)18(24)14-7-16(25-22-14)12-4-5-12/h6-8,12H,4-5,9H2,1-3H3. The highest BCUT2D eigenvalue weighted by atomic mass is 16.5. The number of hydrogen-bond donors (Lipinski definition) is 0. The summed E-state index contributed by atoms with van der Waals surface area (Å²) in [7, 11) is 1.71. The Bertz CT molecular complexity index is 957. The van der Waals surface area contributed by atoms with E-state index in [0.717, 1.165) is 29.9 Å². The van der Waals surface area contributed by atoms with Gasteiger partial charge in [0.05, 0.1) is 23.5 Å². The van der Waals surface area contributed by atoms with E-state index >= 15 is 0 Å². The van der Waals surface area contributed by atoms with Crippen LogP contribution in [-0.4, -0.2) is 38.1 Å². The Hall–Kier alpha value is -3.03. The summed E-state index contributed by atoms with van der Waals surface area (Å²) in [5.74, 6) is 2.20. The van der Waals surface area contributed by atoms with Crippen molar-refractivity contribution in [3.05, 3.63) is 47.0 Å². The number of hydrogen-bond acceptors (Lipinski definition) is 7. The molecule has 0 unspecified atom stereocenters. The molecule has 0 aromatic carbocycles. The van der Waals surface area contributed by atoms with Gasteiger partial charge in [-0.1, -0.05) is 10.3 Å². The van der Waals surface area contributed by atoms with Crippen LogP contribution in [0.15, 0.2) is 27.4 Å². The predicted molar refractivity (Wildman–Crippen MR) is 91.3 cm³/mol. The fourth-order valence-corrected chi connectivity index (χ4v) is 2.78. The molecule has 0 aliphatic heterocycles. The van der Waals surface area contributed by atoms with Gasteiger partial charge in [0.1, 0.15) is 11.6 Å². The van der Waals surface area contributed by atoms with Crippen molar-refractivity contribution in [2.45, 2.75) is 39.2 Å². The molecule has 1 aliphatic carbocycles. The van der Waals surface area contributed by atoms with E-state index in [2.05, 4.69) is 20.3 Å². The van der Waals surface area contributed by atoms with Crippen molar-refractivity contribution < 1.29 is 13.8 Å². The zero-order chi connectivity index (χ0) is 18.3. The van der Waals surface area contributed by atoms with Gasteiger partial charge in [0.2, 0.25) is 0 Å². The van der Waals surface area contributed by atoms with Gasteiger partial charge in [-0.3, -0.25) is 4.79 Å². The molecule has 3 heterocycles. The van der Waals surface area contributed by atoms with Crippen LogP contribution in [0, 0.1) is 13.8 Å². The largest absolute Gasteiger partial charge is 0.360 e. The monoisotopic (exact) mass is 353 g/mol. The molecule has 0 saturated heterocycles. The normalized spacial score (nSPS) is 13.8. The highest BCUT2D eigenvalue weighted by molar-refractivity contribution is 5.92. The summed E-state index contributed by atoms with van der Waals surface area (Å²) in [6, 6.07) is 3.56. The first kappa shape index (κ1) is 16.4. The lowest BCUT2D eigenvalue weighted by molar-refractivity contribution is 0.0773. The number of nitrogens with zero attached hydrogens (tertiary/aromatic N) is 5. The molecule has 0 spiro atoms. The zero-order valence-corrected chi connectivity index (χ0v) is 14.9. The summed E-state index contributed by atoms with van der Waals surface area (Å²) in [5, 5.41) is 7.82. The van der Waals surface area contributed by atoms with Crippen LogP contribution < -0.4 is 0 Å². The molecule has 0 radical (unpaired) electrons. The zero-order valence-electron chi connectivity index (χ0n) is 14.9. The molecular formula is C18H19N5O3. The van der Waals surface area contributed by atoms with Crippen molar-refractivity contribution in [1.82, 2.24) is 25.2 Å². The van der Waals surface area contributed by atoms with Gasteiger partial charge in [-0.15, -0.1) is 0 Å². The smallest absolute Gasteiger partial charge is 0.276 e. The van der Waals surface area contributed by atoms with Crippen LogP contribution in [0.1, 0.15) is 52.2 Å². The third-order valence-corrected chi connectivity index (χ3v) is 4.34. The number of carbonyl (C=O) groups excluding carboxylic acids is 1. The lowest BCUT2D eigenvalue weighted by Gasteiger charge is -2.16. The second-order valence-corrected chi connectivity index (χ2v) is 6.66. The summed E-state index contributed by atoms with van der Waals surface area (Å²) in [6.07, 6.45) is 3.88. The van der Waals surface area contributed by atoms with E-state index in [1.807, 2.05) is 13.0 Å². The first-order chi connectivity index (χ1) is 12.5. The number of rotatable bonds is 5. The molecule has 0 bridgehead atoms. The van der Waals surface area contributed by atoms with E-state index in [1.165, 1.54) is 0 Å². The molecule has 0 N–H and O–H groups in total. The van der Waals surface area contributed by atoms with Crippen LogP contribution in [0.25, 0.3) is 11.3 Å². The molecule has 3 aromatic rings. The minimum Gasteiger partial charge on any atom is -0.360 e. The maximum atomic E-state index is 12.7. The predicted octanol–water partition coefficient (Wildman–Crippen LogP) is 2.89. The van der Waals surface area contributed by atoms with Gasteiger partial charge < -0.3 is 13.9 Å². The Morgan fingerprint density at radius 3 is 2.73 bits per heavy atom. The minimum atomic E-state index is -0.211. The van der Waals surface area contributed by atoms with E-state index < -0.39 is 0 Å². The van der Waals surface area contributed by atoms with E-state index in [4.69, 9.17) is 9.05 Å². The van der Waals surface area contributed by atoms with Gasteiger partial charge in [-0.25, -0.2) is 9.97 Å². The van der Waals surface area contributed by atoms with Gasteiger partial charge in [0.25, 0.3) is 5.91 Å². The maximum absolute atomic E-state index is 12.7. The molecule has 8 heteroatoms. The molecule has 134 valence electrons. The second kappa shape index (κ2) is 6.36. The fourth-order valence-electron chi connectivity index (χ4n) is 2.78. The Labute approximate surface area is 150 Å². The fraction of sp³-hybridized carbons (Fsp3) is 0.389. The molecule has 0 atom stereocenters. The Morgan fingerprint density at radius 1 is 1.23 bits per heavy atom. The number of aryl methyl sites for hydroxylation is 2. The average molecular weight is 353 g/mol. The second-order valence-electron chi connectivity index (χ2n) is 6.66. The van der Waals surface area contributed by atoms with Crippen LogP contribution >= 0.6 is 0 Å². The van der Waals surface area contributed by atoms with Gasteiger partial charge in [-0.2, -0.15) is 0 Å². The van der Waals surface area contributed by atoms with Crippen LogP contribution in [-0.2, 0) is 6.54 Å². The van der Waals surface area contributed by atoms with Crippen molar-refractivity contribution in [3.8, 4) is 11.3 Å².